The molecule has 3 aliphatic rings. The highest BCUT2D eigenvalue weighted by atomic mass is 32.2. The van der Waals surface area contributed by atoms with Crippen molar-refractivity contribution in [3.8, 4) is 0 Å². The second-order valence-electron chi connectivity index (χ2n) is 9.37. The van der Waals surface area contributed by atoms with Crippen LogP contribution in [-0.2, 0) is 30.5 Å². The van der Waals surface area contributed by atoms with Crippen LogP contribution in [0, 0.1) is 0 Å². The lowest BCUT2D eigenvalue weighted by Gasteiger charge is -2.40. The molecule has 8 nitrogen and oxygen atoms in total. The predicted octanol–water partition coefficient (Wildman–Crippen LogP) is 3.98. The van der Waals surface area contributed by atoms with Gasteiger partial charge in [0.2, 0.25) is 9.84 Å². The van der Waals surface area contributed by atoms with E-state index in [1.165, 1.54) is 18.6 Å². The molecule has 3 heterocycles. The van der Waals surface area contributed by atoms with Gasteiger partial charge in [0.25, 0.3) is 0 Å². The number of sulfone groups is 1. The Balaban J connectivity index is 1.57. The fourth-order valence-corrected chi connectivity index (χ4v) is 7.83. The maximum absolute atomic E-state index is 13.3. The van der Waals surface area contributed by atoms with Crippen LogP contribution in [0.2, 0.25) is 0 Å². The first-order valence-corrected chi connectivity index (χ1v) is 14.9. The van der Waals surface area contributed by atoms with E-state index in [0.717, 1.165) is 40.9 Å². The number of benzene rings is 1. The molecule has 1 aliphatic carbocycles. The zero-order chi connectivity index (χ0) is 26.9. The summed E-state index contributed by atoms with van der Waals surface area (Å²) in [7, 11) is -4.13. The molecule has 38 heavy (non-hydrogen) atoms. The highest BCUT2D eigenvalue weighted by Gasteiger charge is 2.50. The second kappa shape index (κ2) is 11.2. The maximum atomic E-state index is 13.3. The van der Waals surface area contributed by atoms with E-state index in [0.29, 0.717) is 17.7 Å². The molecule has 3 N–H and O–H groups in total. The number of aliphatic hydroxyl groups excluding tert-OH is 3. The van der Waals surface area contributed by atoms with Crippen LogP contribution < -0.4 is 0 Å². The third kappa shape index (κ3) is 5.00. The summed E-state index contributed by atoms with van der Waals surface area (Å²) in [5, 5.41) is 33.8. The fraction of sp³-hybridized carbons (Fsp3) is 0.357. The standard InChI is InChI=1S/C28H30O8S2/c1-2-17-10-11-19(15-20(17)23(18-7-4-3-5-8-18)21-16-34-12-13-35-21)27-25(30)24(29)26(31)28(36-27)38(32,33)22-9-6-14-37-22/h3-4,6-7,9-16,23-31H,2,5,8H2,1H3/t23?,24-,25-,26+,27+,28?/m1/s1. The van der Waals surface area contributed by atoms with Crippen molar-refractivity contribution in [2.75, 3.05) is 0 Å². The molecule has 0 amide bonds. The van der Waals surface area contributed by atoms with Crippen LogP contribution in [0.3, 0.4) is 0 Å². The predicted molar refractivity (Wildman–Crippen MR) is 142 cm³/mol. The smallest absolute Gasteiger partial charge is 0.217 e. The van der Waals surface area contributed by atoms with Crippen LogP contribution in [0.1, 0.15) is 48.5 Å². The highest BCUT2D eigenvalue weighted by Crippen LogP contribution is 2.42. The molecule has 1 saturated heterocycles. The molecular weight excluding hydrogens is 528 g/mol. The van der Waals surface area contributed by atoms with Gasteiger partial charge in [-0.3, -0.25) is 0 Å². The quantitative estimate of drug-likeness (QED) is 0.467. The summed E-state index contributed by atoms with van der Waals surface area (Å²) in [6.45, 7) is 2.03. The van der Waals surface area contributed by atoms with Crippen LogP contribution in [-0.4, -0.2) is 47.5 Å². The summed E-state index contributed by atoms with van der Waals surface area (Å²) in [6.07, 6.45) is 6.74. The number of aliphatic hydroxyl groups is 3. The third-order valence-corrected chi connectivity index (χ3v) is 10.4. The van der Waals surface area contributed by atoms with Crippen molar-refractivity contribution in [1.29, 1.82) is 0 Å². The minimum absolute atomic E-state index is 0.0118. The summed E-state index contributed by atoms with van der Waals surface area (Å²) < 4.78 is 43.7. The van der Waals surface area contributed by atoms with Crippen LogP contribution in [0.25, 0.3) is 0 Å². The molecule has 1 aromatic carbocycles. The normalized spacial score (nSPS) is 28.2. The van der Waals surface area contributed by atoms with Gasteiger partial charge in [-0.25, -0.2) is 8.42 Å². The Morgan fingerprint density at radius 1 is 1.11 bits per heavy atom. The van der Waals surface area contributed by atoms with E-state index in [2.05, 4.69) is 12.2 Å². The molecule has 0 bridgehead atoms. The van der Waals surface area contributed by atoms with Crippen molar-refractivity contribution in [3.63, 3.8) is 0 Å². The van der Waals surface area contributed by atoms with Crippen LogP contribution in [0.5, 0.6) is 0 Å². The number of allylic oxidation sites excluding steroid dienone is 4. The Bertz CT molecular complexity index is 1370. The van der Waals surface area contributed by atoms with Crippen molar-refractivity contribution < 1.29 is 37.9 Å². The summed E-state index contributed by atoms with van der Waals surface area (Å²) in [5.41, 5.74) is 1.77. The van der Waals surface area contributed by atoms with E-state index in [9.17, 15) is 23.7 Å². The van der Waals surface area contributed by atoms with E-state index in [-0.39, 0.29) is 10.1 Å². The Labute approximate surface area is 225 Å². The van der Waals surface area contributed by atoms with Crippen molar-refractivity contribution in [2.24, 2.45) is 0 Å². The molecule has 10 heteroatoms. The summed E-state index contributed by atoms with van der Waals surface area (Å²) in [5.74, 6) is 0.307. The number of hydrogen-bond donors (Lipinski definition) is 3. The molecule has 2 aliphatic heterocycles. The average molecular weight is 559 g/mol. The molecule has 2 unspecified atom stereocenters. The molecule has 0 spiro atoms. The summed E-state index contributed by atoms with van der Waals surface area (Å²) in [6, 6.07) is 8.53. The fourth-order valence-electron chi connectivity index (χ4n) is 5.11. The van der Waals surface area contributed by atoms with Gasteiger partial charge in [-0.15, -0.1) is 11.3 Å². The molecule has 202 valence electrons. The Hall–Kier alpha value is -2.73. The zero-order valence-corrected chi connectivity index (χ0v) is 22.3. The number of ether oxygens (including phenoxy) is 3. The minimum atomic E-state index is -4.13. The van der Waals surface area contributed by atoms with Gasteiger partial charge in [0.05, 0.1) is 5.92 Å². The van der Waals surface area contributed by atoms with E-state index < -0.39 is 39.7 Å². The Morgan fingerprint density at radius 3 is 2.61 bits per heavy atom. The number of aryl methyl sites for hydroxylation is 1. The van der Waals surface area contributed by atoms with E-state index in [1.807, 2.05) is 25.1 Å². The largest absolute Gasteiger partial charge is 0.466 e. The van der Waals surface area contributed by atoms with Crippen molar-refractivity contribution in [3.05, 3.63) is 101 Å². The van der Waals surface area contributed by atoms with Gasteiger partial charge < -0.3 is 29.5 Å². The average Bonchev–Trinajstić information content (AvgIpc) is 3.49. The van der Waals surface area contributed by atoms with Crippen LogP contribution in [0.15, 0.2) is 88.3 Å². The van der Waals surface area contributed by atoms with Gasteiger partial charge in [-0.1, -0.05) is 55.0 Å². The number of rotatable bonds is 7. The SMILES string of the molecule is CCc1ccc([C@@H]2OC(S(=O)(=O)c3cccs3)[C@@H](O)[C@H](O)[C@H]2O)cc1C(C1=CC=CCC1)C1=COC=CO1. The minimum Gasteiger partial charge on any atom is -0.466 e. The molecule has 5 rings (SSSR count). The zero-order valence-electron chi connectivity index (χ0n) is 20.7. The molecule has 0 radical (unpaired) electrons. The molecule has 0 saturated carbocycles. The first kappa shape index (κ1) is 26.9. The molecule has 1 aromatic heterocycles. The lowest BCUT2D eigenvalue weighted by Crippen LogP contribution is -2.56. The van der Waals surface area contributed by atoms with E-state index >= 15 is 0 Å². The summed E-state index contributed by atoms with van der Waals surface area (Å²) >= 11 is 0.995. The lowest BCUT2D eigenvalue weighted by molar-refractivity contribution is -0.202. The maximum Gasteiger partial charge on any atom is 0.217 e. The van der Waals surface area contributed by atoms with Gasteiger partial charge in [0.15, 0.2) is 5.44 Å². The van der Waals surface area contributed by atoms with E-state index in [4.69, 9.17) is 14.2 Å². The van der Waals surface area contributed by atoms with Gasteiger partial charge in [-0.2, -0.15) is 0 Å². The molecular formula is C28H30O8S2. The van der Waals surface area contributed by atoms with Crippen LogP contribution >= 0.6 is 11.3 Å². The Morgan fingerprint density at radius 2 is 1.95 bits per heavy atom. The number of thiophene rings is 1. The lowest BCUT2D eigenvalue weighted by atomic mass is 9.80. The monoisotopic (exact) mass is 558 g/mol. The first-order valence-electron chi connectivity index (χ1n) is 12.5. The van der Waals surface area contributed by atoms with Gasteiger partial charge in [0.1, 0.15) is 53.2 Å². The third-order valence-electron chi connectivity index (χ3n) is 7.07. The first-order chi connectivity index (χ1) is 18.3. The second-order valence-corrected chi connectivity index (χ2v) is 12.6. The van der Waals surface area contributed by atoms with Crippen molar-refractivity contribution in [2.45, 2.75) is 66.2 Å². The molecule has 1 fully saturated rings. The summed E-state index contributed by atoms with van der Waals surface area (Å²) in [4.78, 5) is 0. The number of hydrogen-bond acceptors (Lipinski definition) is 9. The van der Waals surface area contributed by atoms with Gasteiger partial charge in [0, 0.05) is 0 Å². The molecule has 2 aromatic rings. The van der Waals surface area contributed by atoms with Gasteiger partial charge in [-0.05, 0) is 47.4 Å². The Kier molecular flexibility index (Phi) is 7.90. The van der Waals surface area contributed by atoms with Crippen molar-refractivity contribution >= 4 is 21.2 Å². The van der Waals surface area contributed by atoms with Crippen molar-refractivity contribution in [1.82, 2.24) is 0 Å². The molecule has 6 atom stereocenters. The topological polar surface area (TPSA) is 123 Å². The highest BCUT2D eigenvalue weighted by molar-refractivity contribution is 7.93. The van der Waals surface area contributed by atoms with Crippen LogP contribution in [0.4, 0.5) is 0 Å². The van der Waals surface area contributed by atoms with Gasteiger partial charge >= 0.3 is 0 Å². The van der Waals surface area contributed by atoms with E-state index in [1.54, 1.807) is 23.8 Å².